The number of ether oxygens (including phenoxy) is 1. The van der Waals surface area contributed by atoms with Crippen LogP contribution in [0.2, 0.25) is 0 Å². The molecule has 0 saturated carbocycles. The fraction of sp³-hybridized carbons (Fsp3) is 0.333. The molecule has 0 fully saturated rings. The predicted octanol–water partition coefficient (Wildman–Crippen LogP) is 1.71. The molecule has 0 saturated heterocycles. The maximum absolute atomic E-state index is 11.2. The van der Waals surface area contributed by atoms with Crippen molar-refractivity contribution >= 4 is 21.9 Å². The summed E-state index contributed by atoms with van der Waals surface area (Å²) in [6.45, 7) is 0.167. The second-order valence-corrected chi connectivity index (χ2v) is 3.50. The van der Waals surface area contributed by atoms with Gasteiger partial charge in [0.1, 0.15) is 12.3 Å². The Bertz CT molecular complexity index is 356. The molecule has 15 heavy (non-hydrogen) atoms. The van der Waals surface area contributed by atoms with Crippen molar-refractivity contribution < 1.29 is 19.3 Å². The third-order valence-corrected chi connectivity index (χ3v) is 2.02. The molecule has 0 radical (unpaired) electrons. The van der Waals surface area contributed by atoms with Crippen molar-refractivity contribution in [2.45, 2.75) is 6.61 Å². The summed E-state index contributed by atoms with van der Waals surface area (Å²) in [5.41, 5.74) is 0.799. The van der Waals surface area contributed by atoms with Crippen LogP contribution in [0.25, 0.3) is 0 Å². The van der Waals surface area contributed by atoms with Gasteiger partial charge in [0.25, 0.3) is 0 Å². The highest BCUT2D eigenvalue weighted by molar-refractivity contribution is 9.10. The van der Waals surface area contributed by atoms with Gasteiger partial charge in [0, 0.05) is 4.47 Å². The Balaban J connectivity index is 2.89. The second kappa shape index (κ2) is 5.79. The molecule has 5 nitrogen and oxygen atoms in total. The molecule has 1 heterocycles. The number of hydrogen-bond acceptors (Lipinski definition) is 5. The Hall–Kier alpha value is -0.980. The van der Waals surface area contributed by atoms with Crippen LogP contribution in [0.1, 0.15) is 16.2 Å². The first kappa shape index (κ1) is 12.1. The number of pyridine rings is 1. The van der Waals surface area contributed by atoms with Crippen LogP contribution in [0.3, 0.4) is 0 Å². The van der Waals surface area contributed by atoms with Gasteiger partial charge in [-0.1, -0.05) is 15.9 Å². The summed E-state index contributed by atoms with van der Waals surface area (Å²) in [5, 5.41) is 0. The monoisotopic (exact) mass is 275 g/mol. The molecular formula is C9H10BrNO4. The van der Waals surface area contributed by atoms with E-state index >= 15 is 0 Å². The van der Waals surface area contributed by atoms with E-state index in [2.05, 4.69) is 30.5 Å². The van der Waals surface area contributed by atoms with Crippen LogP contribution in [-0.4, -0.2) is 25.2 Å². The first-order valence-corrected chi connectivity index (χ1v) is 4.87. The number of nitrogens with zero attached hydrogens (tertiary/aromatic N) is 1. The van der Waals surface area contributed by atoms with E-state index < -0.39 is 5.97 Å². The molecule has 0 amide bonds. The van der Waals surface area contributed by atoms with Crippen molar-refractivity contribution in [2.75, 3.05) is 14.2 Å². The first-order chi connectivity index (χ1) is 7.17. The smallest absolute Gasteiger partial charge is 0.356 e. The van der Waals surface area contributed by atoms with E-state index in [-0.39, 0.29) is 12.3 Å². The lowest BCUT2D eigenvalue weighted by Gasteiger charge is -2.04. The third-order valence-electron chi connectivity index (χ3n) is 1.56. The zero-order chi connectivity index (χ0) is 11.3. The highest BCUT2D eigenvalue weighted by Crippen LogP contribution is 2.14. The maximum atomic E-state index is 11.2. The van der Waals surface area contributed by atoms with E-state index in [4.69, 9.17) is 4.89 Å². The molecule has 0 aliphatic heterocycles. The van der Waals surface area contributed by atoms with Crippen LogP contribution in [0.5, 0.6) is 0 Å². The minimum Gasteiger partial charge on any atom is -0.464 e. The Labute approximate surface area is 95.4 Å². The van der Waals surface area contributed by atoms with Gasteiger partial charge in [0.2, 0.25) is 0 Å². The highest BCUT2D eigenvalue weighted by atomic mass is 79.9. The van der Waals surface area contributed by atoms with E-state index in [1.165, 1.54) is 14.2 Å². The summed E-state index contributed by atoms with van der Waals surface area (Å²) in [7, 11) is 2.70. The minimum absolute atomic E-state index is 0.167. The molecule has 1 aromatic rings. The number of carbonyl (C=O) groups is 1. The Morgan fingerprint density at radius 2 is 2.20 bits per heavy atom. The number of hydrogen-bond donors (Lipinski definition) is 0. The van der Waals surface area contributed by atoms with Crippen molar-refractivity contribution in [3.63, 3.8) is 0 Å². The van der Waals surface area contributed by atoms with E-state index in [1.54, 1.807) is 12.1 Å². The summed E-state index contributed by atoms with van der Waals surface area (Å²) in [6.07, 6.45) is 0. The molecular weight excluding hydrogens is 266 g/mol. The highest BCUT2D eigenvalue weighted by Gasteiger charge is 2.09. The van der Waals surface area contributed by atoms with Crippen LogP contribution in [0, 0.1) is 0 Å². The number of carbonyl (C=O) groups excluding carboxylic acids is 1. The Morgan fingerprint density at radius 3 is 2.80 bits per heavy atom. The Morgan fingerprint density at radius 1 is 1.47 bits per heavy atom. The summed E-state index contributed by atoms with van der Waals surface area (Å²) < 4.78 is 5.29. The van der Waals surface area contributed by atoms with Gasteiger partial charge in [-0.3, -0.25) is 0 Å². The molecule has 0 aromatic carbocycles. The number of methoxy groups -OCH3 is 1. The first-order valence-electron chi connectivity index (χ1n) is 4.07. The summed E-state index contributed by atoms with van der Waals surface area (Å²) in [5.74, 6) is -0.491. The average molecular weight is 276 g/mol. The summed E-state index contributed by atoms with van der Waals surface area (Å²) in [4.78, 5) is 24.4. The second-order valence-electron chi connectivity index (χ2n) is 2.58. The fourth-order valence-electron chi connectivity index (χ4n) is 0.953. The van der Waals surface area contributed by atoms with Gasteiger partial charge < -0.3 is 4.74 Å². The molecule has 0 spiro atoms. The zero-order valence-electron chi connectivity index (χ0n) is 8.32. The summed E-state index contributed by atoms with van der Waals surface area (Å²) >= 11 is 3.26. The topological polar surface area (TPSA) is 57.7 Å². The van der Waals surface area contributed by atoms with Crippen LogP contribution in [0.15, 0.2) is 16.6 Å². The molecule has 0 N–H and O–H groups in total. The van der Waals surface area contributed by atoms with Gasteiger partial charge in [-0.25, -0.2) is 19.6 Å². The molecule has 0 bridgehead atoms. The number of halogens is 1. The third kappa shape index (κ3) is 3.58. The van der Waals surface area contributed by atoms with Gasteiger partial charge in [0.05, 0.1) is 19.9 Å². The normalized spacial score (nSPS) is 10.1. The zero-order valence-corrected chi connectivity index (χ0v) is 9.91. The van der Waals surface area contributed by atoms with Crippen molar-refractivity contribution in [3.8, 4) is 0 Å². The van der Waals surface area contributed by atoms with E-state index in [0.717, 1.165) is 4.47 Å². The lowest BCUT2D eigenvalue weighted by atomic mass is 10.3. The van der Waals surface area contributed by atoms with Crippen molar-refractivity contribution in [1.29, 1.82) is 0 Å². The van der Waals surface area contributed by atoms with Gasteiger partial charge in [-0.2, -0.15) is 0 Å². The molecule has 0 atom stereocenters. The van der Waals surface area contributed by atoms with Crippen LogP contribution in [0.4, 0.5) is 0 Å². The lowest BCUT2D eigenvalue weighted by molar-refractivity contribution is -0.282. The van der Waals surface area contributed by atoms with Crippen LogP contribution >= 0.6 is 15.9 Å². The lowest BCUT2D eigenvalue weighted by Crippen LogP contribution is -2.07. The molecule has 0 aliphatic rings. The molecule has 0 aliphatic carbocycles. The number of esters is 1. The quantitative estimate of drug-likeness (QED) is 0.476. The van der Waals surface area contributed by atoms with Crippen molar-refractivity contribution in [1.82, 2.24) is 4.98 Å². The molecule has 1 aromatic heterocycles. The minimum atomic E-state index is -0.491. The van der Waals surface area contributed by atoms with E-state index in [1.807, 2.05) is 0 Å². The Kier molecular flexibility index (Phi) is 4.67. The van der Waals surface area contributed by atoms with E-state index in [9.17, 15) is 4.79 Å². The SMILES string of the molecule is COOCc1cc(Br)cc(C(=O)OC)n1. The van der Waals surface area contributed by atoms with Gasteiger partial charge in [-0.15, -0.1) is 0 Å². The number of aromatic nitrogens is 1. The van der Waals surface area contributed by atoms with Crippen molar-refractivity contribution in [3.05, 3.63) is 28.0 Å². The average Bonchev–Trinajstić information content (AvgIpc) is 2.24. The largest absolute Gasteiger partial charge is 0.464 e. The van der Waals surface area contributed by atoms with E-state index in [0.29, 0.717) is 5.69 Å². The van der Waals surface area contributed by atoms with Gasteiger partial charge >= 0.3 is 5.97 Å². The molecule has 0 unspecified atom stereocenters. The molecule has 1 rings (SSSR count). The van der Waals surface area contributed by atoms with Gasteiger partial charge in [-0.05, 0) is 12.1 Å². The van der Waals surface area contributed by atoms with Crippen molar-refractivity contribution in [2.24, 2.45) is 0 Å². The molecule has 6 heteroatoms. The fourth-order valence-corrected chi connectivity index (χ4v) is 1.43. The number of rotatable bonds is 4. The van der Waals surface area contributed by atoms with Gasteiger partial charge in [0.15, 0.2) is 0 Å². The summed E-state index contributed by atoms with van der Waals surface area (Å²) in [6, 6.07) is 3.30. The van der Waals surface area contributed by atoms with Crippen LogP contribution in [-0.2, 0) is 21.1 Å². The standard InChI is InChI=1S/C9H10BrNO4/c1-13-9(12)8-4-6(10)3-7(11-8)5-15-14-2/h3-4H,5H2,1-2H3. The predicted molar refractivity (Wildman–Crippen MR) is 55.1 cm³/mol. The molecule has 82 valence electrons. The maximum Gasteiger partial charge on any atom is 0.356 e. The van der Waals surface area contributed by atoms with Crippen LogP contribution < -0.4 is 0 Å².